The Balaban J connectivity index is 1.000. The van der Waals surface area contributed by atoms with E-state index in [1.807, 2.05) is 36.7 Å². The topological polar surface area (TPSA) is 126 Å². The number of rotatable bonds is 6. The van der Waals surface area contributed by atoms with Crippen molar-refractivity contribution in [2.24, 2.45) is 0 Å². The van der Waals surface area contributed by atoms with Crippen molar-refractivity contribution in [2.75, 3.05) is 18.8 Å². The lowest BCUT2D eigenvalue weighted by molar-refractivity contribution is 0.202. The SMILES string of the molecule is Nc1nnc2c3cc(-c4ccccc4)c(-c4ccc(CN5CCC(c6n[nH]c(C7C=CC=CN7)n6)CC5)cc4)nc3ccn12. The number of aromatic amines is 1. The fraction of sp³-hybridized carbons (Fsp3) is 0.206. The van der Waals surface area contributed by atoms with Gasteiger partial charge in [-0.2, -0.15) is 5.10 Å². The molecule has 2 aliphatic rings. The van der Waals surface area contributed by atoms with Gasteiger partial charge in [0.05, 0.1) is 11.2 Å². The van der Waals surface area contributed by atoms with E-state index in [1.54, 1.807) is 4.40 Å². The van der Waals surface area contributed by atoms with Gasteiger partial charge in [0.25, 0.3) is 0 Å². The van der Waals surface area contributed by atoms with Gasteiger partial charge in [0, 0.05) is 35.2 Å². The van der Waals surface area contributed by atoms with Crippen molar-refractivity contribution in [1.29, 1.82) is 0 Å². The predicted molar refractivity (Wildman–Crippen MR) is 171 cm³/mol. The third-order valence-electron chi connectivity index (χ3n) is 8.67. The van der Waals surface area contributed by atoms with Crippen LogP contribution in [-0.4, -0.2) is 52.8 Å². The lowest BCUT2D eigenvalue weighted by atomic mass is 9.95. The van der Waals surface area contributed by atoms with E-state index in [0.717, 1.165) is 77.4 Å². The standard InChI is InChI=1S/C34H32N10/c35-34-42-41-33-27-20-26(23-6-2-1-3-7-23)30(37-28(27)15-19-44(33)34)24-11-9-22(10-12-24)21-43-17-13-25(14-18-43)31-38-32(40-39-31)29-8-4-5-16-36-29/h1-12,15-16,19-20,25,29,36H,13-14,17-18,21H2,(H2,35,42)(H,38,39,40). The molecule has 4 N–H and O–H groups in total. The fourth-order valence-electron chi connectivity index (χ4n) is 6.27. The number of hydrogen-bond acceptors (Lipinski definition) is 8. The van der Waals surface area contributed by atoms with Crippen LogP contribution in [0, 0.1) is 0 Å². The molecule has 0 bridgehead atoms. The number of benzene rings is 2. The summed E-state index contributed by atoms with van der Waals surface area (Å²) in [5, 5.41) is 20.3. The molecule has 4 aromatic heterocycles. The Morgan fingerprint density at radius 3 is 2.52 bits per heavy atom. The molecule has 6 heterocycles. The maximum absolute atomic E-state index is 6.03. The molecule has 1 fully saturated rings. The predicted octanol–water partition coefficient (Wildman–Crippen LogP) is 5.41. The van der Waals surface area contributed by atoms with Crippen LogP contribution in [0.4, 0.5) is 5.95 Å². The molecule has 10 heteroatoms. The molecule has 10 nitrogen and oxygen atoms in total. The number of fused-ring (bicyclic) bond motifs is 3. The molecule has 6 aromatic rings. The summed E-state index contributed by atoms with van der Waals surface area (Å²) >= 11 is 0. The number of allylic oxidation sites excluding steroid dienone is 2. The first kappa shape index (κ1) is 26.3. The molecular formula is C34H32N10. The zero-order chi connectivity index (χ0) is 29.5. The molecule has 2 aromatic carbocycles. The Morgan fingerprint density at radius 2 is 1.73 bits per heavy atom. The number of pyridine rings is 2. The van der Waals surface area contributed by atoms with Crippen LogP contribution in [0.3, 0.4) is 0 Å². The lowest BCUT2D eigenvalue weighted by Gasteiger charge is -2.30. The largest absolute Gasteiger partial charge is 0.378 e. The Morgan fingerprint density at radius 1 is 0.886 bits per heavy atom. The normalized spacial score (nSPS) is 17.4. The van der Waals surface area contributed by atoms with Crippen LogP contribution in [0.5, 0.6) is 0 Å². The summed E-state index contributed by atoms with van der Waals surface area (Å²) in [7, 11) is 0. The highest BCUT2D eigenvalue weighted by molar-refractivity contribution is 5.98. The number of nitrogens with one attached hydrogen (secondary N) is 2. The van der Waals surface area contributed by atoms with Crippen molar-refractivity contribution in [3.63, 3.8) is 0 Å². The van der Waals surface area contributed by atoms with Gasteiger partial charge in [0.1, 0.15) is 6.04 Å². The summed E-state index contributed by atoms with van der Waals surface area (Å²) in [4.78, 5) is 12.5. The summed E-state index contributed by atoms with van der Waals surface area (Å²) in [6.07, 6.45) is 12.0. The van der Waals surface area contributed by atoms with Gasteiger partial charge >= 0.3 is 0 Å². The van der Waals surface area contributed by atoms with Crippen LogP contribution >= 0.6 is 0 Å². The fourth-order valence-corrected chi connectivity index (χ4v) is 6.27. The van der Waals surface area contributed by atoms with E-state index in [1.165, 1.54) is 5.56 Å². The van der Waals surface area contributed by atoms with Crippen molar-refractivity contribution in [3.8, 4) is 22.4 Å². The smallest absolute Gasteiger partial charge is 0.226 e. The van der Waals surface area contributed by atoms with Crippen LogP contribution in [-0.2, 0) is 6.54 Å². The van der Waals surface area contributed by atoms with Gasteiger partial charge in [-0.15, -0.1) is 10.2 Å². The van der Waals surface area contributed by atoms with E-state index in [0.29, 0.717) is 17.5 Å². The molecular weight excluding hydrogens is 548 g/mol. The molecule has 2 aliphatic heterocycles. The summed E-state index contributed by atoms with van der Waals surface area (Å²) < 4.78 is 1.79. The Hall–Kier alpha value is -5.35. The number of anilines is 1. The van der Waals surface area contributed by atoms with E-state index < -0.39 is 0 Å². The average Bonchev–Trinajstić information content (AvgIpc) is 3.73. The Labute approximate surface area is 254 Å². The molecule has 218 valence electrons. The second-order valence-corrected chi connectivity index (χ2v) is 11.5. The van der Waals surface area contributed by atoms with Crippen molar-refractivity contribution in [3.05, 3.63) is 115 Å². The number of nitrogens with zero attached hydrogens (tertiary/aromatic N) is 7. The summed E-state index contributed by atoms with van der Waals surface area (Å²) in [5.41, 5.74) is 13.0. The number of piperidine rings is 1. The first-order valence-electron chi connectivity index (χ1n) is 15.0. The van der Waals surface area contributed by atoms with E-state index in [-0.39, 0.29) is 6.04 Å². The summed E-state index contributed by atoms with van der Waals surface area (Å²) in [6.45, 7) is 2.96. The molecule has 8 rings (SSSR count). The average molecular weight is 581 g/mol. The molecule has 1 unspecified atom stereocenters. The van der Waals surface area contributed by atoms with Gasteiger partial charge in [-0.1, -0.05) is 66.7 Å². The zero-order valence-electron chi connectivity index (χ0n) is 24.1. The van der Waals surface area contributed by atoms with E-state index in [2.05, 4.69) is 91.3 Å². The van der Waals surface area contributed by atoms with Crippen LogP contribution in [0.25, 0.3) is 38.9 Å². The van der Waals surface area contributed by atoms with Crippen molar-refractivity contribution >= 4 is 22.5 Å². The van der Waals surface area contributed by atoms with E-state index >= 15 is 0 Å². The minimum atomic E-state index is 0.0575. The minimum absolute atomic E-state index is 0.0575. The Kier molecular flexibility index (Phi) is 6.60. The molecule has 44 heavy (non-hydrogen) atoms. The highest BCUT2D eigenvalue weighted by Gasteiger charge is 2.25. The molecule has 0 aliphatic carbocycles. The molecule has 0 radical (unpaired) electrons. The van der Waals surface area contributed by atoms with Gasteiger partial charge in [-0.25, -0.2) is 9.97 Å². The third kappa shape index (κ3) is 4.88. The quantitative estimate of drug-likeness (QED) is 0.239. The van der Waals surface area contributed by atoms with Gasteiger partial charge in [0.15, 0.2) is 17.3 Å². The van der Waals surface area contributed by atoms with Crippen molar-refractivity contribution < 1.29 is 0 Å². The second kappa shape index (κ2) is 11.1. The number of dihydropyridines is 1. The Bertz CT molecular complexity index is 2000. The van der Waals surface area contributed by atoms with Gasteiger partial charge in [-0.05, 0) is 61.5 Å². The molecule has 0 saturated carbocycles. The minimum Gasteiger partial charge on any atom is -0.378 e. The van der Waals surface area contributed by atoms with Crippen molar-refractivity contribution in [2.45, 2.75) is 31.3 Å². The maximum atomic E-state index is 6.03. The van der Waals surface area contributed by atoms with E-state index in [9.17, 15) is 0 Å². The van der Waals surface area contributed by atoms with Gasteiger partial charge < -0.3 is 11.1 Å². The number of likely N-dealkylation sites (tertiary alicyclic amines) is 1. The first-order chi connectivity index (χ1) is 21.7. The number of aromatic nitrogens is 7. The van der Waals surface area contributed by atoms with Crippen LogP contribution in [0.1, 0.15) is 42.0 Å². The number of H-pyrrole nitrogens is 1. The van der Waals surface area contributed by atoms with Crippen LogP contribution < -0.4 is 11.1 Å². The number of hydrogen-bond donors (Lipinski definition) is 3. The maximum Gasteiger partial charge on any atom is 0.226 e. The van der Waals surface area contributed by atoms with E-state index in [4.69, 9.17) is 15.7 Å². The lowest BCUT2D eigenvalue weighted by Crippen LogP contribution is -2.32. The summed E-state index contributed by atoms with van der Waals surface area (Å²) in [5.74, 6) is 2.55. The van der Waals surface area contributed by atoms with Crippen LogP contribution in [0.15, 0.2) is 97.4 Å². The van der Waals surface area contributed by atoms with Crippen LogP contribution in [0.2, 0.25) is 0 Å². The van der Waals surface area contributed by atoms with Crippen molar-refractivity contribution in [1.82, 2.24) is 45.0 Å². The number of nitrogens with two attached hydrogens (primary N) is 1. The molecule has 1 atom stereocenters. The van der Waals surface area contributed by atoms with Gasteiger partial charge in [0.2, 0.25) is 5.95 Å². The molecule has 0 amide bonds. The second-order valence-electron chi connectivity index (χ2n) is 11.5. The molecule has 1 saturated heterocycles. The highest BCUT2D eigenvalue weighted by atomic mass is 15.3. The summed E-state index contributed by atoms with van der Waals surface area (Å²) in [6, 6.07) is 23.4. The third-order valence-corrected chi connectivity index (χ3v) is 8.67. The monoisotopic (exact) mass is 580 g/mol. The highest BCUT2D eigenvalue weighted by Crippen LogP contribution is 2.35. The first-order valence-corrected chi connectivity index (χ1v) is 15.0. The molecule has 0 spiro atoms. The number of nitrogen functional groups attached to an aromatic ring is 1. The van der Waals surface area contributed by atoms with Gasteiger partial charge in [-0.3, -0.25) is 14.4 Å². The zero-order valence-corrected chi connectivity index (χ0v) is 24.1.